The Morgan fingerprint density at radius 3 is 2.25 bits per heavy atom. The SMILES string of the molecule is O=S(=O)(Cc1cccc(CO)c1)N1CCCCCCC1. The fraction of sp³-hybridized carbons (Fsp3) is 0.600. The van der Waals surface area contributed by atoms with Gasteiger partial charge in [0.15, 0.2) is 0 Å². The van der Waals surface area contributed by atoms with Gasteiger partial charge in [0.05, 0.1) is 12.4 Å². The van der Waals surface area contributed by atoms with Crippen LogP contribution in [-0.4, -0.2) is 30.9 Å². The number of aliphatic hydroxyl groups is 1. The van der Waals surface area contributed by atoms with Gasteiger partial charge in [-0.1, -0.05) is 43.5 Å². The van der Waals surface area contributed by atoms with Crippen molar-refractivity contribution in [2.75, 3.05) is 13.1 Å². The first-order valence-corrected chi connectivity index (χ1v) is 8.89. The monoisotopic (exact) mass is 297 g/mol. The van der Waals surface area contributed by atoms with Crippen LogP contribution in [0.3, 0.4) is 0 Å². The van der Waals surface area contributed by atoms with E-state index in [1.54, 1.807) is 28.6 Å². The number of sulfonamides is 1. The Labute approximate surface area is 121 Å². The Kier molecular flexibility index (Phi) is 5.57. The predicted octanol–water partition coefficient (Wildman–Crippen LogP) is 2.27. The summed E-state index contributed by atoms with van der Waals surface area (Å²) in [6.45, 7) is 1.22. The molecule has 1 aromatic rings. The Balaban J connectivity index is 2.08. The van der Waals surface area contributed by atoms with Gasteiger partial charge < -0.3 is 5.11 Å². The van der Waals surface area contributed by atoms with E-state index < -0.39 is 10.0 Å². The first-order valence-electron chi connectivity index (χ1n) is 7.28. The molecule has 1 aliphatic heterocycles. The minimum atomic E-state index is -3.25. The van der Waals surface area contributed by atoms with Crippen molar-refractivity contribution in [2.24, 2.45) is 0 Å². The Hall–Kier alpha value is -0.910. The summed E-state index contributed by atoms with van der Waals surface area (Å²) in [4.78, 5) is 0. The Bertz CT molecular complexity index is 520. The summed E-state index contributed by atoms with van der Waals surface area (Å²) in [5.41, 5.74) is 1.50. The normalized spacial score (nSPS) is 18.4. The van der Waals surface area contributed by atoms with Crippen molar-refractivity contribution in [2.45, 2.75) is 44.5 Å². The molecule has 1 aromatic carbocycles. The lowest BCUT2D eigenvalue weighted by Gasteiger charge is -2.24. The van der Waals surface area contributed by atoms with E-state index in [1.807, 2.05) is 0 Å². The highest BCUT2D eigenvalue weighted by Gasteiger charge is 2.22. The van der Waals surface area contributed by atoms with Crippen LogP contribution in [0.15, 0.2) is 24.3 Å². The van der Waals surface area contributed by atoms with E-state index in [-0.39, 0.29) is 12.4 Å². The summed E-state index contributed by atoms with van der Waals surface area (Å²) in [5.74, 6) is 0.0286. The lowest BCUT2D eigenvalue weighted by molar-refractivity contribution is 0.281. The van der Waals surface area contributed by atoms with E-state index in [9.17, 15) is 8.42 Å². The predicted molar refractivity (Wildman–Crippen MR) is 79.6 cm³/mol. The van der Waals surface area contributed by atoms with Gasteiger partial charge in [-0.05, 0) is 24.0 Å². The molecule has 0 radical (unpaired) electrons. The van der Waals surface area contributed by atoms with Crippen LogP contribution in [0.25, 0.3) is 0 Å². The van der Waals surface area contributed by atoms with Crippen molar-refractivity contribution in [1.82, 2.24) is 4.31 Å². The molecular weight excluding hydrogens is 274 g/mol. The van der Waals surface area contributed by atoms with E-state index in [4.69, 9.17) is 5.11 Å². The summed E-state index contributed by atoms with van der Waals surface area (Å²) in [7, 11) is -3.25. The van der Waals surface area contributed by atoms with E-state index in [1.165, 1.54) is 6.42 Å². The molecule has 0 bridgehead atoms. The molecule has 1 saturated heterocycles. The summed E-state index contributed by atoms with van der Waals surface area (Å²) in [6, 6.07) is 7.17. The minimum absolute atomic E-state index is 0.0286. The average Bonchev–Trinajstić information content (AvgIpc) is 2.37. The highest BCUT2D eigenvalue weighted by atomic mass is 32.2. The smallest absolute Gasteiger partial charge is 0.218 e. The van der Waals surface area contributed by atoms with Gasteiger partial charge in [0.2, 0.25) is 10.0 Å². The minimum Gasteiger partial charge on any atom is -0.392 e. The first kappa shape index (κ1) is 15.5. The second kappa shape index (κ2) is 7.20. The van der Waals surface area contributed by atoms with Crippen LogP contribution < -0.4 is 0 Å². The van der Waals surface area contributed by atoms with Crippen molar-refractivity contribution >= 4 is 10.0 Å². The van der Waals surface area contributed by atoms with Crippen LogP contribution in [0.1, 0.15) is 43.2 Å². The molecule has 4 nitrogen and oxygen atoms in total. The van der Waals surface area contributed by atoms with Crippen LogP contribution in [-0.2, 0) is 22.4 Å². The Morgan fingerprint density at radius 1 is 1.00 bits per heavy atom. The lowest BCUT2D eigenvalue weighted by atomic mass is 10.1. The molecule has 1 aliphatic rings. The average molecular weight is 297 g/mol. The van der Waals surface area contributed by atoms with Gasteiger partial charge in [-0.15, -0.1) is 0 Å². The molecule has 0 unspecified atom stereocenters. The molecule has 1 fully saturated rings. The van der Waals surface area contributed by atoms with Gasteiger partial charge in [0.25, 0.3) is 0 Å². The lowest BCUT2D eigenvalue weighted by Crippen LogP contribution is -2.34. The number of hydrogen-bond donors (Lipinski definition) is 1. The van der Waals surface area contributed by atoms with Crippen LogP contribution in [0.4, 0.5) is 0 Å². The van der Waals surface area contributed by atoms with Gasteiger partial charge in [-0.2, -0.15) is 0 Å². The van der Waals surface area contributed by atoms with Gasteiger partial charge in [-0.3, -0.25) is 0 Å². The summed E-state index contributed by atoms with van der Waals surface area (Å²) >= 11 is 0. The summed E-state index contributed by atoms with van der Waals surface area (Å²) in [5, 5.41) is 9.12. The molecule has 0 atom stereocenters. The maximum absolute atomic E-state index is 12.5. The molecule has 2 rings (SSSR count). The molecule has 112 valence electrons. The van der Waals surface area contributed by atoms with Gasteiger partial charge in [0.1, 0.15) is 0 Å². The second-order valence-electron chi connectivity index (χ2n) is 5.40. The van der Waals surface area contributed by atoms with Crippen molar-refractivity contribution in [3.63, 3.8) is 0 Å². The molecule has 0 saturated carbocycles. The molecule has 0 spiro atoms. The van der Waals surface area contributed by atoms with Crippen LogP contribution in [0.2, 0.25) is 0 Å². The number of hydrogen-bond acceptors (Lipinski definition) is 3. The molecule has 0 amide bonds. The van der Waals surface area contributed by atoms with Gasteiger partial charge in [0, 0.05) is 13.1 Å². The molecule has 20 heavy (non-hydrogen) atoms. The molecule has 1 heterocycles. The fourth-order valence-electron chi connectivity index (χ4n) is 2.62. The third kappa shape index (κ3) is 4.30. The molecule has 1 N–H and O–H groups in total. The largest absolute Gasteiger partial charge is 0.392 e. The number of aliphatic hydroxyl groups excluding tert-OH is 1. The van der Waals surface area contributed by atoms with Crippen molar-refractivity contribution in [3.8, 4) is 0 Å². The zero-order valence-corrected chi connectivity index (χ0v) is 12.6. The fourth-order valence-corrected chi connectivity index (χ4v) is 4.21. The maximum Gasteiger partial charge on any atom is 0.218 e. The topological polar surface area (TPSA) is 57.6 Å². The van der Waals surface area contributed by atoms with Gasteiger partial charge >= 0.3 is 0 Å². The highest BCUT2D eigenvalue weighted by molar-refractivity contribution is 7.88. The van der Waals surface area contributed by atoms with Crippen molar-refractivity contribution < 1.29 is 13.5 Å². The van der Waals surface area contributed by atoms with E-state index in [0.29, 0.717) is 13.1 Å². The third-order valence-electron chi connectivity index (χ3n) is 3.73. The first-order chi connectivity index (χ1) is 9.62. The number of nitrogens with zero attached hydrogens (tertiary/aromatic N) is 1. The molecule has 5 heteroatoms. The summed E-state index contributed by atoms with van der Waals surface area (Å²) in [6.07, 6.45) is 5.36. The van der Waals surface area contributed by atoms with Crippen LogP contribution >= 0.6 is 0 Å². The zero-order chi connectivity index (χ0) is 14.4. The van der Waals surface area contributed by atoms with E-state index in [2.05, 4.69) is 0 Å². The number of rotatable bonds is 4. The second-order valence-corrected chi connectivity index (χ2v) is 7.37. The molecular formula is C15H23NO3S. The Morgan fingerprint density at radius 2 is 1.60 bits per heavy atom. The van der Waals surface area contributed by atoms with E-state index >= 15 is 0 Å². The zero-order valence-electron chi connectivity index (χ0n) is 11.8. The quantitative estimate of drug-likeness (QED) is 0.927. The van der Waals surface area contributed by atoms with E-state index in [0.717, 1.165) is 36.8 Å². The van der Waals surface area contributed by atoms with Crippen LogP contribution in [0, 0.1) is 0 Å². The van der Waals surface area contributed by atoms with Crippen molar-refractivity contribution in [3.05, 3.63) is 35.4 Å². The maximum atomic E-state index is 12.5. The summed E-state index contributed by atoms with van der Waals surface area (Å²) < 4.78 is 26.6. The molecule has 0 aliphatic carbocycles. The van der Waals surface area contributed by atoms with Crippen LogP contribution in [0.5, 0.6) is 0 Å². The highest BCUT2D eigenvalue weighted by Crippen LogP contribution is 2.17. The third-order valence-corrected chi connectivity index (χ3v) is 5.58. The van der Waals surface area contributed by atoms with Gasteiger partial charge in [-0.25, -0.2) is 12.7 Å². The molecule has 0 aromatic heterocycles. The number of benzene rings is 1. The van der Waals surface area contributed by atoms with Crippen molar-refractivity contribution in [1.29, 1.82) is 0 Å². The standard InChI is InChI=1S/C15H23NO3S/c17-12-14-7-6-8-15(11-14)13-20(18,19)16-9-4-2-1-3-5-10-16/h6-8,11,17H,1-5,9-10,12-13H2.